The molecule has 1 fully saturated rings. The molecule has 2 N–H and O–H groups in total. The molecule has 1 saturated heterocycles. The van der Waals surface area contributed by atoms with Crippen molar-refractivity contribution in [1.82, 2.24) is 24.6 Å². The Labute approximate surface area is 175 Å². The van der Waals surface area contributed by atoms with Crippen LogP contribution in [0.25, 0.3) is 11.0 Å². The van der Waals surface area contributed by atoms with Crippen LogP contribution in [0.2, 0.25) is 0 Å². The van der Waals surface area contributed by atoms with Gasteiger partial charge in [-0.05, 0) is 25.1 Å². The fourth-order valence-corrected chi connectivity index (χ4v) is 3.33. The maximum atomic E-state index is 12.7. The van der Waals surface area contributed by atoms with Crippen LogP contribution in [0.4, 0.5) is 11.5 Å². The summed E-state index contributed by atoms with van der Waals surface area (Å²) in [7, 11) is 1.88. The van der Waals surface area contributed by atoms with Crippen molar-refractivity contribution in [3.8, 4) is 0 Å². The van der Waals surface area contributed by atoms with E-state index in [1.165, 1.54) is 0 Å². The Morgan fingerprint density at radius 3 is 2.50 bits per heavy atom. The summed E-state index contributed by atoms with van der Waals surface area (Å²) in [4.78, 5) is 25.8. The van der Waals surface area contributed by atoms with Crippen LogP contribution >= 0.6 is 24.8 Å². The second kappa shape index (κ2) is 8.62. The minimum absolute atomic E-state index is 0. The van der Waals surface area contributed by atoms with E-state index in [0.29, 0.717) is 37.4 Å². The van der Waals surface area contributed by atoms with Crippen molar-refractivity contribution in [2.75, 3.05) is 36.8 Å². The molecule has 0 bridgehead atoms. The quantitative estimate of drug-likeness (QED) is 0.633. The number of aromatic nitrogens is 4. The molecule has 0 saturated carbocycles. The zero-order valence-corrected chi connectivity index (χ0v) is 17.3. The number of amides is 1. The second-order valence-electron chi connectivity index (χ2n) is 6.50. The van der Waals surface area contributed by atoms with E-state index in [4.69, 9.17) is 5.73 Å². The van der Waals surface area contributed by atoms with Crippen molar-refractivity contribution in [1.29, 1.82) is 0 Å². The van der Waals surface area contributed by atoms with Crippen LogP contribution < -0.4 is 10.6 Å². The average molecular weight is 424 g/mol. The lowest BCUT2D eigenvalue weighted by atomic mass is 10.1. The van der Waals surface area contributed by atoms with E-state index in [9.17, 15) is 4.79 Å². The lowest BCUT2D eigenvalue weighted by molar-refractivity contribution is 0.0746. The molecule has 8 nitrogen and oxygen atoms in total. The molecule has 0 radical (unpaired) electrons. The number of hydrogen-bond donors (Lipinski definition) is 1. The molecule has 1 amide bonds. The predicted octanol–water partition coefficient (Wildman–Crippen LogP) is 2.06. The van der Waals surface area contributed by atoms with Gasteiger partial charge in [0.1, 0.15) is 11.6 Å². The van der Waals surface area contributed by atoms with Crippen LogP contribution in [0, 0.1) is 6.92 Å². The smallest absolute Gasteiger partial charge is 0.254 e. The van der Waals surface area contributed by atoms with Crippen molar-refractivity contribution < 1.29 is 4.79 Å². The van der Waals surface area contributed by atoms with Gasteiger partial charge in [-0.15, -0.1) is 24.8 Å². The number of hydrogen-bond acceptors (Lipinski definition) is 6. The highest BCUT2D eigenvalue weighted by atomic mass is 35.5. The number of piperazine rings is 1. The van der Waals surface area contributed by atoms with E-state index in [1.807, 2.05) is 24.9 Å². The van der Waals surface area contributed by atoms with E-state index in [2.05, 4.69) is 20.0 Å². The SMILES string of the molecule is Cc1nc(N2CCN(C(=O)c3cccc(N)c3)CC2)c2cnn(C)c2n1.Cl.Cl. The zero-order chi connectivity index (χ0) is 18.3. The fraction of sp³-hybridized carbons (Fsp3) is 0.333. The Bertz CT molecular complexity index is 983. The van der Waals surface area contributed by atoms with Gasteiger partial charge in [-0.2, -0.15) is 5.10 Å². The van der Waals surface area contributed by atoms with Crippen LogP contribution in [0.5, 0.6) is 0 Å². The van der Waals surface area contributed by atoms with Crippen molar-refractivity contribution >= 4 is 53.3 Å². The third-order valence-electron chi connectivity index (χ3n) is 4.68. The lowest BCUT2D eigenvalue weighted by Gasteiger charge is -2.35. The minimum atomic E-state index is 0. The van der Waals surface area contributed by atoms with Crippen LogP contribution in [0.15, 0.2) is 30.5 Å². The summed E-state index contributed by atoms with van der Waals surface area (Å²) in [5.41, 5.74) is 7.85. The number of carbonyl (C=O) groups excluding carboxylic acids is 1. The first-order valence-corrected chi connectivity index (χ1v) is 8.59. The van der Waals surface area contributed by atoms with Crippen molar-refractivity contribution in [2.45, 2.75) is 6.92 Å². The molecule has 2 aromatic heterocycles. The number of halogens is 2. The number of nitrogen functional groups attached to an aromatic ring is 1. The molecular weight excluding hydrogens is 401 g/mol. The lowest BCUT2D eigenvalue weighted by Crippen LogP contribution is -2.49. The van der Waals surface area contributed by atoms with Crippen molar-refractivity contribution in [3.63, 3.8) is 0 Å². The maximum absolute atomic E-state index is 12.7. The number of anilines is 2. The number of aryl methyl sites for hydroxylation is 2. The Hall–Kier alpha value is -2.58. The highest BCUT2D eigenvalue weighted by Gasteiger charge is 2.25. The van der Waals surface area contributed by atoms with Crippen molar-refractivity contribution in [2.24, 2.45) is 7.05 Å². The Kier molecular flexibility index (Phi) is 6.69. The molecule has 1 aliphatic rings. The Balaban J connectivity index is 0.00000140. The Morgan fingerprint density at radius 1 is 1.11 bits per heavy atom. The van der Waals surface area contributed by atoms with Gasteiger partial charge in [0.05, 0.1) is 11.6 Å². The van der Waals surface area contributed by atoms with Crippen molar-refractivity contribution in [3.05, 3.63) is 41.9 Å². The molecule has 150 valence electrons. The molecule has 1 aromatic carbocycles. The predicted molar refractivity (Wildman–Crippen MR) is 115 cm³/mol. The molecule has 0 atom stereocenters. The van der Waals surface area contributed by atoms with Gasteiger partial charge in [0, 0.05) is 44.5 Å². The van der Waals surface area contributed by atoms with Gasteiger partial charge in [-0.25, -0.2) is 9.97 Å². The summed E-state index contributed by atoms with van der Waals surface area (Å²) >= 11 is 0. The third kappa shape index (κ3) is 3.98. The van der Waals surface area contributed by atoms with Gasteiger partial charge >= 0.3 is 0 Å². The van der Waals surface area contributed by atoms with Gasteiger partial charge in [0.15, 0.2) is 5.65 Å². The summed E-state index contributed by atoms with van der Waals surface area (Å²) in [5.74, 6) is 1.62. The summed E-state index contributed by atoms with van der Waals surface area (Å²) in [6.07, 6.45) is 1.80. The van der Waals surface area contributed by atoms with E-state index < -0.39 is 0 Å². The molecule has 0 spiro atoms. The van der Waals surface area contributed by atoms with E-state index >= 15 is 0 Å². The molecule has 0 unspecified atom stereocenters. The van der Waals surface area contributed by atoms with E-state index in [0.717, 1.165) is 22.7 Å². The number of nitrogens with zero attached hydrogens (tertiary/aromatic N) is 6. The average Bonchev–Trinajstić information content (AvgIpc) is 3.01. The van der Waals surface area contributed by atoms with Gasteiger partial charge in [-0.1, -0.05) is 6.07 Å². The second-order valence-corrected chi connectivity index (χ2v) is 6.50. The van der Waals surface area contributed by atoms with Gasteiger partial charge in [-0.3, -0.25) is 9.48 Å². The maximum Gasteiger partial charge on any atom is 0.254 e. The summed E-state index contributed by atoms with van der Waals surface area (Å²) in [6, 6.07) is 7.12. The largest absolute Gasteiger partial charge is 0.399 e. The first-order valence-electron chi connectivity index (χ1n) is 8.59. The normalized spacial score (nSPS) is 13.8. The van der Waals surface area contributed by atoms with Crippen LogP contribution in [-0.2, 0) is 7.05 Å². The highest BCUT2D eigenvalue weighted by molar-refractivity contribution is 5.95. The molecule has 3 heterocycles. The zero-order valence-electron chi connectivity index (χ0n) is 15.7. The first kappa shape index (κ1) is 21.7. The number of rotatable bonds is 2. The topological polar surface area (TPSA) is 93.2 Å². The number of carbonyl (C=O) groups is 1. The monoisotopic (exact) mass is 423 g/mol. The fourth-order valence-electron chi connectivity index (χ4n) is 3.33. The minimum Gasteiger partial charge on any atom is -0.399 e. The van der Waals surface area contributed by atoms with Gasteiger partial charge < -0.3 is 15.5 Å². The molecule has 3 aromatic rings. The molecule has 10 heteroatoms. The number of nitrogens with two attached hydrogens (primary N) is 1. The first-order chi connectivity index (χ1) is 12.5. The van der Waals surface area contributed by atoms with Crippen LogP contribution in [0.3, 0.4) is 0 Å². The molecule has 4 rings (SSSR count). The summed E-state index contributed by atoms with van der Waals surface area (Å²) in [5, 5.41) is 5.23. The van der Waals surface area contributed by atoms with Crippen LogP contribution in [-0.4, -0.2) is 56.7 Å². The summed E-state index contributed by atoms with van der Waals surface area (Å²) < 4.78 is 1.76. The summed E-state index contributed by atoms with van der Waals surface area (Å²) in [6.45, 7) is 4.59. The molecule has 1 aliphatic heterocycles. The number of fused-ring (bicyclic) bond motifs is 1. The van der Waals surface area contributed by atoms with E-state index in [1.54, 1.807) is 29.1 Å². The number of benzene rings is 1. The standard InChI is InChI=1S/C18H21N7O.2ClH/c1-12-21-16-15(11-20-23(16)2)17(22-12)24-6-8-25(9-7-24)18(26)13-4-3-5-14(19)10-13;;/h3-5,10-11H,6-9,19H2,1-2H3;2*1H. The van der Waals surface area contributed by atoms with Gasteiger partial charge in [0.25, 0.3) is 5.91 Å². The van der Waals surface area contributed by atoms with E-state index in [-0.39, 0.29) is 30.7 Å². The Morgan fingerprint density at radius 2 is 1.82 bits per heavy atom. The molecular formula is C18H23Cl2N7O. The molecule has 0 aliphatic carbocycles. The van der Waals surface area contributed by atoms with Crippen LogP contribution in [0.1, 0.15) is 16.2 Å². The highest BCUT2D eigenvalue weighted by Crippen LogP contribution is 2.24. The van der Waals surface area contributed by atoms with Gasteiger partial charge in [0.2, 0.25) is 0 Å². The molecule has 28 heavy (non-hydrogen) atoms. The third-order valence-corrected chi connectivity index (χ3v) is 4.68.